The maximum Gasteiger partial charge on any atom is 0.226 e. The van der Waals surface area contributed by atoms with Gasteiger partial charge in [0.05, 0.1) is 23.0 Å². The Kier molecular flexibility index (Phi) is 4.51. The van der Waals surface area contributed by atoms with Gasteiger partial charge in [0.25, 0.3) is 0 Å². The van der Waals surface area contributed by atoms with Crippen LogP contribution in [-0.4, -0.2) is 17.4 Å². The largest absolute Gasteiger partial charge is 0.369 e. The molecule has 1 amide bonds. The van der Waals surface area contributed by atoms with Crippen LogP contribution in [0.15, 0.2) is 30.3 Å². The summed E-state index contributed by atoms with van der Waals surface area (Å²) in [7, 11) is 0. The second-order valence-electron chi connectivity index (χ2n) is 6.25. The van der Waals surface area contributed by atoms with Gasteiger partial charge < -0.3 is 10.6 Å². The third-order valence-electron chi connectivity index (χ3n) is 4.61. The van der Waals surface area contributed by atoms with Gasteiger partial charge in [0, 0.05) is 12.2 Å². The molecular weight excluding hydrogens is 305 g/mol. The average Bonchev–Trinajstić information content (AvgIpc) is 2.56. The van der Waals surface area contributed by atoms with Crippen LogP contribution < -0.4 is 10.6 Å². The highest BCUT2D eigenvalue weighted by atomic mass is 19.1. The van der Waals surface area contributed by atoms with Crippen molar-refractivity contribution in [1.29, 1.82) is 0 Å². The second kappa shape index (κ2) is 6.59. The van der Waals surface area contributed by atoms with Gasteiger partial charge in [0.2, 0.25) is 5.91 Å². The van der Waals surface area contributed by atoms with Crippen LogP contribution >= 0.6 is 0 Å². The normalized spacial score (nSPS) is 15.0. The lowest BCUT2D eigenvalue weighted by Crippen LogP contribution is -2.28. The lowest BCUT2D eigenvalue weighted by Gasteiger charge is -2.32. The van der Waals surface area contributed by atoms with E-state index in [4.69, 9.17) is 10.7 Å². The number of carbonyl (C=O) groups is 1. The molecule has 0 spiro atoms. The summed E-state index contributed by atoms with van der Waals surface area (Å²) in [5.41, 5.74) is 10.2. The van der Waals surface area contributed by atoms with Crippen molar-refractivity contribution < 1.29 is 9.18 Å². The molecule has 0 fully saturated rings. The molecule has 2 aromatic rings. The third kappa shape index (κ3) is 2.98. The molecule has 1 aliphatic heterocycles. The SMILES string of the molecule is CCC(C(N)=O)c1nc2c(cc1C)N(c1ccc(F)cc1)CCC2. The molecule has 24 heavy (non-hydrogen) atoms. The summed E-state index contributed by atoms with van der Waals surface area (Å²) in [5, 5.41) is 0. The molecule has 0 saturated heterocycles. The van der Waals surface area contributed by atoms with E-state index in [1.165, 1.54) is 12.1 Å². The van der Waals surface area contributed by atoms with Gasteiger partial charge in [-0.2, -0.15) is 0 Å². The van der Waals surface area contributed by atoms with Crippen molar-refractivity contribution in [2.45, 2.75) is 39.0 Å². The monoisotopic (exact) mass is 327 g/mol. The summed E-state index contributed by atoms with van der Waals surface area (Å²) < 4.78 is 13.2. The zero-order valence-electron chi connectivity index (χ0n) is 14.1. The van der Waals surface area contributed by atoms with E-state index >= 15 is 0 Å². The summed E-state index contributed by atoms with van der Waals surface area (Å²) >= 11 is 0. The van der Waals surface area contributed by atoms with Crippen LogP contribution in [0.25, 0.3) is 0 Å². The average molecular weight is 327 g/mol. The molecule has 0 saturated carbocycles. The van der Waals surface area contributed by atoms with Gasteiger partial charge in [-0.1, -0.05) is 6.92 Å². The van der Waals surface area contributed by atoms with E-state index in [9.17, 15) is 9.18 Å². The van der Waals surface area contributed by atoms with E-state index in [1.54, 1.807) is 12.1 Å². The first kappa shape index (κ1) is 16.4. The fraction of sp³-hybridized carbons (Fsp3) is 0.368. The van der Waals surface area contributed by atoms with Crippen LogP contribution in [0.5, 0.6) is 0 Å². The van der Waals surface area contributed by atoms with Crippen LogP contribution in [0.2, 0.25) is 0 Å². The van der Waals surface area contributed by atoms with Crippen molar-refractivity contribution in [1.82, 2.24) is 4.98 Å². The Balaban J connectivity index is 2.04. The number of nitrogens with zero attached hydrogens (tertiary/aromatic N) is 2. The maximum atomic E-state index is 13.2. The van der Waals surface area contributed by atoms with Crippen LogP contribution in [0.1, 0.15) is 42.6 Å². The number of anilines is 2. The molecule has 1 atom stereocenters. The summed E-state index contributed by atoms with van der Waals surface area (Å²) in [6.45, 7) is 4.78. The Labute approximate surface area is 141 Å². The molecule has 1 unspecified atom stereocenters. The molecule has 0 aliphatic carbocycles. The van der Waals surface area contributed by atoms with Gasteiger partial charge in [-0.25, -0.2) is 4.39 Å². The quantitative estimate of drug-likeness (QED) is 0.933. The fourth-order valence-electron chi connectivity index (χ4n) is 3.37. The fourth-order valence-corrected chi connectivity index (χ4v) is 3.37. The molecular formula is C19H22FN3O. The predicted octanol–water partition coefficient (Wildman–Crippen LogP) is 3.59. The molecule has 1 aromatic carbocycles. The first-order valence-electron chi connectivity index (χ1n) is 8.34. The molecule has 0 radical (unpaired) electrons. The number of aromatic nitrogens is 1. The van der Waals surface area contributed by atoms with Gasteiger partial charge in [0.1, 0.15) is 5.82 Å². The number of halogens is 1. The third-order valence-corrected chi connectivity index (χ3v) is 4.61. The van der Waals surface area contributed by atoms with E-state index < -0.39 is 0 Å². The summed E-state index contributed by atoms with van der Waals surface area (Å²) in [6, 6.07) is 8.58. The van der Waals surface area contributed by atoms with Gasteiger partial charge in [-0.15, -0.1) is 0 Å². The Morgan fingerprint density at radius 1 is 1.38 bits per heavy atom. The van der Waals surface area contributed by atoms with Gasteiger partial charge in [-0.05, 0) is 62.1 Å². The Bertz CT molecular complexity index is 758. The number of hydrogen-bond acceptors (Lipinski definition) is 3. The molecule has 4 nitrogen and oxygen atoms in total. The van der Waals surface area contributed by atoms with E-state index in [0.717, 1.165) is 47.7 Å². The van der Waals surface area contributed by atoms with E-state index in [-0.39, 0.29) is 17.6 Å². The lowest BCUT2D eigenvalue weighted by molar-refractivity contribution is -0.119. The van der Waals surface area contributed by atoms with Gasteiger partial charge in [-0.3, -0.25) is 9.78 Å². The van der Waals surface area contributed by atoms with E-state index in [2.05, 4.69) is 11.0 Å². The van der Waals surface area contributed by atoms with Crippen LogP contribution in [0.3, 0.4) is 0 Å². The highest BCUT2D eigenvalue weighted by Gasteiger charge is 2.25. The van der Waals surface area contributed by atoms with Gasteiger partial charge >= 0.3 is 0 Å². The van der Waals surface area contributed by atoms with Crippen LogP contribution in [0, 0.1) is 12.7 Å². The topological polar surface area (TPSA) is 59.2 Å². The highest BCUT2D eigenvalue weighted by Crippen LogP contribution is 2.35. The zero-order valence-corrected chi connectivity index (χ0v) is 14.1. The van der Waals surface area contributed by atoms with Crippen molar-refractivity contribution in [3.8, 4) is 0 Å². The van der Waals surface area contributed by atoms with Crippen molar-refractivity contribution in [3.05, 3.63) is 53.1 Å². The number of hydrogen-bond donors (Lipinski definition) is 1. The smallest absolute Gasteiger partial charge is 0.226 e. The second-order valence-corrected chi connectivity index (χ2v) is 6.25. The number of carbonyl (C=O) groups excluding carboxylic acids is 1. The minimum Gasteiger partial charge on any atom is -0.369 e. The molecule has 1 aliphatic rings. The standard InChI is InChI=1S/C19H22FN3O/c1-3-15(19(21)24)18-12(2)11-17-16(22-18)5-4-10-23(17)14-8-6-13(20)7-9-14/h6-9,11,15H,3-5,10H2,1-2H3,(H2,21,24). The molecule has 0 bridgehead atoms. The molecule has 5 heteroatoms. The minimum atomic E-state index is -0.350. The Hall–Kier alpha value is -2.43. The number of nitrogens with two attached hydrogens (primary N) is 1. The summed E-state index contributed by atoms with van der Waals surface area (Å²) in [4.78, 5) is 18.6. The number of pyridine rings is 1. The number of benzene rings is 1. The predicted molar refractivity (Wildman–Crippen MR) is 92.9 cm³/mol. The minimum absolute atomic E-state index is 0.243. The maximum absolute atomic E-state index is 13.2. The number of amides is 1. The Morgan fingerprint density at radius 2 is 2.08 bits per heavy atom. The number of primary amides is 1. The van der Waals surface area contributed by atoms with Crippen molar-refractivity contribution in [2.24, 2.45) is 5.73 Å². The molecule has 3 rings (SSSR count). The molecule has 2 N–H and O–H groups in total. The van der Waals surface area contributed by atoms with Crippen molar-refractivity contribution >= 4 is 17.3 Å². The summed E-state index contributed by atoms with van der Waals surface area (Å²) in [6.07, 6.45) is 2.48. The molecule has 1 aromatic heterocycles. The van der Waals surface area contributed by atoms with E-state index in [0.29, 0.717) is 6.42 Å². The summed E-state index contributed by atoms with van der Waals surface area (Å²) in [5.74, 6) is -0.927. The first-order valence-corrected chi connectivity index (χ1v) is 8.34. The highest BCUT2D eigenvalue weighted by molar-refractivity contribution is 5.82. The molecule has 126 valence electrons. The number of aryl methyl sites for hydroxylation is 2. The van der Waals surface area contributed by atoms with Gasteiger partial charge in [0.15, 0.2) is 0 Å². The van der Waals surface area contributed by atoms with Crippen molar-refractivity contribution in [3.63, 3.8) is 0 Å². The number of fused-ring (bicyclic) bond motifs is 1. The molecule has 2 heterocycles. The Morgan fingerprint density at radius 3 is 2.71 bits per heavy atom. The van der Waals surface area contributed by atoms with Crippen LogP contribution in [0.4, 0.5) is 15.8 Å². The zero-order chi connectivity index (χ0) is 17.3. The van der Waals surface area contributed by atoms with Crippen LogP contribution in [-0.2, 0) is 11.2 Å². The lowest BCUT2D eigenvalue weighted by atomic mass is 9.95. The van der Waals surface area contributed by atoms with E-state index in [1.807, 2.05) is 13.8 Å². The van der Waals surface area contributed by atoms with Crippen molar-refractivity contribution in [2.75, 3.05) is 11.4 Å². The first-order chi connectivity index (χ1) is 11.5. The number of rotatable bonds is 4.